The van der Waals surface area contributed by atoms with Crippen molar-refractivity contribution in [2.45, 2.75) is 0 Å². The SMILES string of the molecule is COc1ccc(Cl)cc1NC(=O)c1ccc(NC(=O)c2ccco2)cc1. The molecule has 132 valence electrons. The van der Waals surface area contributed by atoms with Crippen LogP contribution in [0, 0.1) is 0 Å². The molecule has 2 aromatic carbocycles. The number of hydrogen-bond donors (Lipinski definition) is 2. The number of carbonyl (C=O) groups is 2. The summed E-state index contributed by atoms with van der Waals surface area (Å²) in [6, 6.07) is 14.6. The van der Waals surface area contributed by atoms with Crippen molar-refractivity contribution in [1.82, 2.24) is 0 Å². The number of ether oxygens (including phenoxy) is 1. The third-order valence-electron chi connectivity index (χ3n) is 3.56. The minimum absolute atomic E-state index is 0.208. The van der Waals surface area contributed by atoms with Gasteiger partial charge in [-0.05, 0) is 54.6 Å². The monoisotopic (exact) mass is 370 g/mol. The van der Waals surface area contributed by atoms with Gasteiger partial charge in [0.1, 0.15) is 5.75 Å². The molecule has 0 aliphatic rings. The molecule has 0 aliphatic heterocycles. The van der Waals surface area contributed by atoms with Crippen LogP contribution in [0.3, 0.4) is 0 Å². The molecular formula is C19H15ClN2O4. The Morgan fingerprint density at radius 2 is 1.77 bits per heavy atom. The van der Waals surface area contributed by atoms with Crippen LogP contribution in [0.25, 0.3) is 0 Å². The zero-order chi connectivity index (χ0) is 18.5. The Balaban J connectivity index is 1.69. The highest BCUT2D eigenvalue weighted by Gasteiger charge is 2.12. The smallest absolute Gasteiger partial charge is 0.291 e. The van der Waals surface area contributed by atoms with Gasteiger partial charge in [-0.25, -0.2) is 0 Å². The van der Waals surface area contributed by atoms with Gasteiger partial charge in [0.05, 0.1) is 19.1 Å². The minimum Gasteiger partial charge on any atom is -0.495 e. The minimum atomic E-state index is -0.365. The lowest BCUT2D eigenvalue weighted by Gasteiger charge is -2.11. The quantitative estimate of drug-likeness (QED) is 0.695. The van der Waals surface area contributed by atoms with Crippen LogP contribution in [0.5, 0.6) is 5.75 Å². The molecule has 1 heterocycles. The topological polar surface area (TPSA) is 80.6 Å². The van der Waals surface area contributed by atoms with Crippen molar-refractivity contribution in [3.63, 3.8) is 0 Å². The fraction of sp³-hybridized carbons (Fsp3) is 0.0526. The molecule has 2 N–H and O–H groups in total. The van der Waals surface area contributed by atoms with Gasteiger partial charge in [0.2, 0.25) is 0 Å². The lowest BCUT2D eigenvalue weighted by atomic mass is 10.2. The molecular weight excluding hydrogens is 356 g/mol. The number of carbonyl (C=O) groups excluding carboxylic acids is 2. The maximum atomic E-state index is 12.4. The third-order valence-corrected chi connectivity index (χ3v) is 3.79. The number of hydrogen-bond acceptors (Lipinski definition) is 4. The zero-order valence-corrected chi connectivity index (χ0v) is 14.5. The number of halogens is 1. The number of benzene rings is 2. The van der Waals surface area contributed by atoms with Crippen LogP contribution in [0.2, 0.25) is 5.02 Å². The van der Waals surface area contributed by atoms with Crippen LogP contribution >= 0.6 is 11.6 Å². The van der Waals surface area contributed by atoms with E-state index < -0.39 is 0 Å². The first kappa shape index (κ1) is 17.6. The Bertz CT molecular complexity index is 921. The van der Waals surface area contributed by atoms with E-state index in [1.54, 1.807) is 54.6 Å². The molecule has 6 nitrogen and oxygen atoms in total. The number of nitrogens with one attached hydrogen (secondary N) is 2. The van der Waals surface area contributed by atoms with Crippen LogP contribution < -0.4 is 15.4 Å². The zero-order valence-electron chi connectivity index (χ0n) is 13.8. The highest BCUT2D eigenvalue weighted by atomic mass is 35.5. The second-order valence-electron chi connectivity index (χ2n) is 5.31. The summed E-state index contributed by atoms with van der Waals surface area (Å²) in [5, 5.41) is 5.92. The lowest BCUT2D eigenvalue weighted by molar-refractivity contribution is 0.0995. The second kappa shape index (κ2) is 7.76. The Hall–Kier alpha value is -3.25. The summed E-state index contributed by atoms with van der Waals surface area (Å²) in [4.78, 5) is 24.3. The van der Waals surface area contributed by atoms with Crippen molar-refractivity contribution >= 4 is 34.8 Å². The van der Waals surface area contributed by atoms with E-state index >= 15 is 0 Å². The first-order chi connectivity index (χ1) is 12.6. The number of amides is 2. The molecule has 0 radical (unpaired) electrons. The van der Waals surface area contributed by atoms with Gasteiger partial charge in [-0.1, -0.05) is 11.6 Å². The van der Waals surface area contributed by atoms with Crippen molar-refractivity contribution in [3.05, 3.63) is 77.2 Å². The molecule has 0 spiro atoms. The summed E-state index contributed by atoms with van der Waals surface area (Å²) in [7, 11) is 1.51. The van der Waals surface area contributed by atoms with Gasteiger partial charge in [-0.3, -0.25) is 9.59 Å². The molecule has 1 aromatic heterocycles. The fourth-order valence-corrected chi connectivity index (χ4v) is 2.45. The van der Waals surface area contributed by atoms with E-state index in [0.29, 0.717) is 27.7 Å². The maximum absolute atomic E-state index is 12.4. The van der Waals surface area contributed by atoms with Gasteiger partial charge in [-0.15, -0.1) is 0 Å². The number of furan rings is 1. The lowest BCUT2D eigenvalue weighted by Crippen LogP contribution is -2.14. The standard InChI is InChI=1S/C19H15ClN2O4/c1-25-16-9-6-13(20)11-15(16)22-18(23)12-4-7-14(8-5-12)21-19(24)17-3-2-10-26-17/h2-11H,1H3,(H,21,24)(H,22,23). The van der Waals surface area contributed by atoms with E-state index in [2.05, 4.69) is 10.6 Å². The van der Waals surface area contributed by atoms with E-state index in [4.69, 9.17) is 20.8 Å². The summed E-state index contributed by atoms with van der Waals surface area (Å²) >= 11 is 5.96. The van der Waals surface area contributed by atoms with Gasteiger partial charge in [0.15, 0.2) is 5.76 Å². The summed E-state index contributed by atoms with van der Waals surface area (Å²) in [5.74, 6) is 0.0234. The third kappa shape index (κ3) is 4.04. The predicted octanol–water partition coefficient (Wildman–Crippen LogP) is 4.45. The molecule has 7 heteroatoms. The summed E-state index contributed by atoms with van der Waals surface area (Å²) in [5.41, 5.74) is 1.44. The van der Waals surface area contributed by atoms with Gasteiger partial charge in [-0.2, -0.15) is 0 Å². The maximum Gasteiger partial charge on any atom is 0.291 e. The Morgan fingerprint density at radius 1 is 1.00 bits per heavy atom. The van der Waals surface area contributed by atoms with Crippen LogP contribution in [-0.4, -0.2) is 18.9 Å². The fourth-order valence-electron chi connectivity index (χ4n) is 2.28. The molecule has 0 fully saturated rings. The molecule has 0 saturated heterocycles. The highest BCUT2D eigenvalue weighted by Crippen LogP contribution is 2.28. The molecule has 3 rings (SSSR count). The van der Waals surface area contributed by atoms with Gasteiger partial charge >= 0.3 is 0 Å². The largest absolute Gasteiger partial charge is 0.495 e. The second-order valence-corrected chi connectivity index (χ2v) is 5.74. The number of rotatable bonds is 5. The molecule has 3 aromatic rings. The van der Waals surface area contributed by atoms with Crippen LogP contribution in [-0.2, 0) is 0 Å². The Morgan fingerprint density at radius 3 is 2.42 bits per heavy atom. The molecule has 0 aliphatic carbocycles. The molecule has 0 bridgehead atoms. The van der Waals surface area contributed by atoms with Crippen molar-refractivity contribution in [2.75, 3.05) is 17.7 Å². The van der Waals surface area contributed by atoms with Crippen LogP contribution in [0.4, 0.5) is 11.4 Å². The van der Waals surface area contributed by atoms with Gasteiger partial charge in [0, 0.05) is 16.3 Å². The molecule has 0 saturated carbocycles. The summed E-state index contributed by atoms with van der Waals surface area (Å²) < 4.78 is 10.2. The normalized spacial score (nSPS) is 10.2. The van der Waals surface area contributed by atoms with E-state index in [9.17, 15) is 9.59 Å². The average Bonchev–Trinajstić information content (AvgIpc) is 3.17. The van der Waals surface area contributed by atoms with Crippen molar-refractivity contribution in [3.8, 4) is 5.75 Å². The average molecular weight is 371 g/mol. The molecule has 26 heavy (non-hydrogen) atoms. The molecule has 0 atom stereocenters. The Labute approximate surface area is 154 Å². The highest BCUT2D eigenvalue weighted by molar-refractivity contribution is 6.31. The predicted molar refractivity (Wildman–Crippen MR) is 99.1 cm³/mol. The first-order valence-electron chi connectivity index (χ1n) is 7.66. The summed E-state index contributed by atoms with van der Waals surface area (Å²) in [6.45, 7) is 0. The summed E-state index contributed by atoms with van der Waals surface area (Å²) in [6.07, 6.45) is 1.42. The van der Waals surface area contributed by atoms with Gasteiger partial charge < -0.3 is 19.8 Å². The van der Waals surface area contributed by atoms with Crippen LogP contribution in [0.1, 0.15) is 20.9 Å². The van der Waals surface area contributed by atoms with Crippen molar-refractivity contribution < 1.29 is 18.7 Å². The molecule has 0 unspecified atom stereocenters. The van der Waals surface area contributed by atoms with Gasteiger partial charge in [0.25, 0.3) is 11.8 Å². The van der Waals surface area contributed by atoms with Crippen molar-refractivity contribution in [2.24, 2.45) is 0 Å². The Kier molecular flexibility index (Phi) is 5.24. The van der Waals surface area contributed by atoms with E-state index in [0.717, 1.165) is 0 Å². The van der Waals surface area contributed by atoms with E-state index in [1.165, 1.54) is 13.4 Å². The number of anilines is 2. The van der Waals surface area contributed by atoms with E-state index in [1.807, 2.05) is 0 Å². The first-order valence-corrected chi connectivity index (χ1v) is 8.04. The van der Waals surface area contributed by atoms with E-state index in [-0.39, 0.29) is 17.6 Å². The van der Waals surface area contributed by atoms with Crippen LogP contribution in [0.15, 0.2) is 65.3 Å². The van der Waals surface area contributed by atoms with Crippen molar-refractivity contribution in [1.29, 1.82) is 0 Å². The number of methoxy groups -OCH3 is 1. The molecule has 2 amide bonds.